The third-order valence-electron chi connectivity index (χ3n) is 2.94. The lowest BCUT2D eigenvalue weighted by molar-refractivity contribution is -0.118. The Morgan fingerprint density at radius 3 is 2.23 bits per heavy atom. The highest BCUT2D eigenvalue weighted by atomic mass is 16.3. The monoisotopic (exact) mass is 301 g/mol. The number of amides is 3. The van der Waals surface area contributed by atoms with E-state index in [2.05, 4.69) is 16.0 Å². The van der Waals surface area contributed by atoms with Gasteiger partial charge in [-0.25, -0.2) is 4.79 Å². The minimum absolute atomic E-state index is 0.0445. The summed E-state index contributed by atoms with van der Waals surface area (Å²) < 4.78 is 5.12. The lowest BCUT2D eigenvalue weighted by Crippen LogP contribution is -2.28. The van der Waals surface area contributed by atoms with Crippen LogP contribution in [-0.2, 0) is 11.3 Å². The van der Waals surface area contributed by atoms with Crippen LogP contribution in [0.4, 0.5) is 16.2 Å². The summed E-state index contributed by atoms with van der Waals surface area (Å²) in [6, 6.07) is 10.1. The first-order chi connectivity index (χ1) is 10.5. The van der Waals surface area contributed by atoms with Crippen LogP contribution in [0.15, 0.2) is 47.1 Å². The van der Waals surface area contributed by atoms with Crippen molar-refractivity contribution in [3.05, 3.63) is 48.4 Å². The summed E-state index contributed by atoms with van der Waals surface area (Å²) in [5.74, 6) is 0.559. The van der Waals surface area contributed by atoms with Crippen LogP contribution in [0.3, 0.4) is 0 Å². The van der Waals surface area contributed by atoms with Crippen LogP contribution in [0.1, 0.15) is 19.6 Å². The zero-order valence-electron chi connectivity index (χ0n) is 12.6. The highest BCUT2D eigenvalue weighted by Gasteiger charge is 2.07. The fourth-order valence-electron chi connectivity index (χ4n) is 1.68. The molecule has 2 aromatic rings. The molecule has 0 aliphatic rings. The molecule has 0 aliphatic carbocycles. The van der Waals surface area contributed by atoms with Crippen molar-refractivity contribution in [3.63, 3.8) is 0 Å². The summed E-state index contributed by atoms with van der Waals surface area (Å²) in [7, 11) is 0. The number of hydrogen-bond acceptors (Lipinski definition) is 3. The summed E-state index contributed by atoms with van der Waals surface area (Å²) in [5.41, 5.74) is 1.33. The van der Waals surface area contributed by atoms with E-state index >= 15 is 0 Å². The second-order valence-corrected chi connectivity index (χ2v) is 5.11. The van der Waals surface area contributed by atoms with E-state index in [0.29, 0.717) is 23.7 Å². The van der Waals surface area contributed by atoms with Crippen molar-refractivity contribution in [2.45, 2.75) is 20.4 Å². The van der Waals surface area contributed by atoms with Crippen molar-refractivity contribution in [1.29, 1.82) is 0 Å². The van der Waals surface area contributed by atoms with Crippen molar-refractivity contribution in [3.8, 4) is 0 Å². The van der Waals surface area contributed by atoms with E-state index in [1.54, 1.807) is 42.7 Å². The molecular formula is C16H19N3O3. The first-order valence-corrected chi connectivity index (χ1v) is 7.03. The van der Waals surface area contributed by atoms with E-state index in [1.807, 2.05) is 13.8 Å². The van der Waals surface area contributed by atoms with E-state index < -0.39 is 0 Å². The average molecular weight is 301 g/mol. The molecule has 1 aromatic carbocycles. The molecule has 116 valence electrons. The van der Waals surface area contributed by atoms with Gasteiger partial charge in [-0.15, -0.1) is 0 Å². The molecule has 0 radical (unpaired) electrons. The molecule has 3 amide bonds. The third-order valence-corrected chi connectivity index (χ3v) is 2.94. The third kappa shape index (κ3) is 4.66. The number of carbonyl (C=O) groups is 2. The summed E-state index contributed by atoms with van der Waals surface area (Å²) in [5, 5.41) is 8.17. The minimum Gasteiger partial charge on any atom is -0.467 e. The molecule has 0 atom stereocenters. The first kappa shape index (κ1) is 15.6. The number of furan rings is 1. The molecule has 0 spiro atoms. The predicted octanol–water partition coefficient (Wildman–Crippen LogP) is 3.20. The van der Waals surface area contributed by atoms with Crippen molar-refractivity contribution >= 4 is 23.3 Å². The van der Waals surface area contributed by atoms with E-state index in [1.165, 1.54) is 0 Å². The Morgan fingerprint density at radius 2 is 1.68 bits per heavy atom. The standard InChI is InChI=1S/C16H19N3O3/c1-11(2)15(20)18-12-5-7-13(8-6-12)19-16(21)17-10-14-4-3-9-22-14/h3-9,11H,10H2,1-2H3,(H,18,20)(H2,17,19,21). The Morgan fingerprint density at radius 1 is 1.05 bits per heavy atom. The van der Waals surface area contributed by atoms with Gasteiger partial charge in [0, 0.05) is 17.3 Å². The van der Waals surface area contributed by atoms with Gasteiger partial charge in [0.15, 0.2) is 0 Å². The second kappa shape index (κ2) is 7.31. The first-order valence-electron chi connectivity index (χ1n) is 7.03. The van der Waals surface area contributed by atoms with Crippen LogP contribution >= 0.6 is 0 Å². The molecule has 2 rings (SSSR count). The fraction of sp³-hybridized carbons (Fsp3) is 0.250. The number of urea groups is 1. The second-order valence-electron chi connectivity index (χ2n) is 5.11. The number of hydrogen-bond donors (Lipinski definition) is 3. The van der Waals surface area contributed by atoms with Crippen LogP contribution in [0.2, 0.25) is 0 Å². The molecule has 0 aliphatic heterocycles. The Hall–Kier alpha value is -2.76. The number of carbonyl (C=O) groups excluding carboxylic acids is 2. The van der Waals surface area contributed by atoms with Crippen molar-refractivity contribution in [2.75, 3.05) is 10.6 Å². The zero-order valence-corrected chi connectivity index (χ0v) is 12.6. The highest BCUT2D eigenvalue weighted by molar-refractivity contribution is 5.93. The molecule has 6 heteroatoms. The predicted molar refractivity (Wildman–Crippen MR) is 84.5 cm³/mol. The maximum Gasteiger partial charge on any atom is 0.319 e. The molecule has 0 saturated heterocycles. The number of anilines is 2. The number of benzene rings is 1. The quantitative estimate of drug-likeness (QED) is 0.793. The van der Waals surface area contributed by atoms with Crippen LogP contribution in [0.25, 0.3) is 0 Å². The van der Waals surface area contributed by atoms with Gasteiger partial charge in [0.1, 0.15) is 5.76 Å². The van der Waals surface area contributed by atoms with Gasteiger partial charge in [0.2, 0.25) is 5.91 Å². The van der Waals surface area contributed by atoms with Crippen LogP contribution < -0.4 is 16.0 Å². The van der Waals surface area contributed by atoms with E-state index in [9.17, 15) is 9.59 Å². The molecule has 0 bridgehead atoms. The smallest absolute Gasteiger partial charge is 0.319 e. The Bertz CT molecular complexity index is 619. The summed E-state index contributed by atoms with van der Waals surface area (Å²) in [6.07, 6.45) is 1.55. The largest absolute Gasteiger partial charge is 0.467 e. The van der Waals surface area contributed by atoms with Gasteiger partial charge in [0.25, 0.3) is 0 Å². The Labute approximate surface area is 128 Å². The Kier molecular flexibility index (Phi) is 5.19. The van der Waals surface area contributed by atoms with Crippen molar-refractivity contribution < 1.29 is 14.0 Å². The van der Waals surface area contributed by atoms with E-state index in [-0.39, 0.29) is 17.9 Å². The van der Waals surface area contributed by atoms with Crippen LogP contribution in [0, 0.1) is 5.92 Å². The molecule has 22 heavy (non-hydrogen) atoms. The molecule has 6 nitrogen and oxygen atoms in total. The number of nitrogens with one attached hydrogen (secondary N) is 3. The SMILES string of the molecule is CC(C)C(=O)Nc1ccc(NC(=O)NCc2ccco2)cc1. The van der Waals surface area contributed by atoms with E-state index in [4.69, 9.17) is 4.42 Å². The van der Waals surface area contributed by atoms with Gasteiger partial charge in [0.05, 0.1) is 12.8 Å². The lowest BCUT2D eigenvalue weighted by atomic mass is 10.2. The molecule has 0 saturated carbocycles. The molecule has 1 heterocycles. The number of rotatable bonds is 5. The van der Waals surface area contributed by atoms with Crippen molar-refractivity contribution in [2.24, 2.45) is 5.92 Å². The summed E-state index contributed by atoms with van der Waals surface area (Å²) in [4.78, 5) is 23.3. The maximum atomic E-state index is 11.7. The van der Waals surface area contributed by atoms with Gasteiger partial charge in [-0.1, -0.05) is 13.8 Å². The van der Waals surface area contributed by atoms with Gasteiger partial charge in [-0.2, -0.15) is 0 Å². The minimum atomic E-state index is -0.324. The van der Waals surface area contributed by atoms with Gasteiger partial charge in [-0.3, -0.25) is 4.79 Å². The van der Waals surface area contributed by atoms with Crippen LogP contribution in [0.5, 0.6) is 0 Å². The highest BCUT2D eigenvalue weighted by Crippen LogP contribution is 2.14. The summed E-state index contributed by atoms with van der Waals surface area (Å²) >= 11 is 0. The van der Waals surface area contributed by atoms with Gasteiger partial charge in [-0.05, 0) is 36.4 Å². The summed E-state index contributed by atoms with van der Waals surface area (Å²) in [6.45, 7) is 3.98. The molecular weight excluding hydrogens is 282 g/mol. The molecule has 0 fully saturated rings. The fourth-order valence-corrected chi connectivity index (χ4v) is 1.68. The lowest BCUT2D eigenvalue weighted by Gasteiger charge is -2.09. The average Bonchev–Trinajstić information content (AvgIpc) is 3.00. The maximum absolute atomic E-state index is 11.7. The zero-order chi connectivity index (χ0) is 15.9. The normalized spacial score (nSPS) is 10.3. The Balaban J connectivity index is 1.82. The van der Waals surface area contributed by atoms with Gasteiger partial charge < -0.3 is 20.4 Å². The van der Waals surface area contributed by atoms with Gasteiger partial charge >= 0.3 is 6.03 Å². The van der Waals surface area contributed by atoms with Crippen LogP contribution in [-0.4, -0.2) is 11.9 Å². The molecule has 0 unspecified atom stereocenters. The molecule has 1 aromatic heterocycles. The van der Waals surface area contributed by atoms with Crippen molar-refractivity contribution in [1.82, 2.24) is 5.32 Å². The molecule has 3 N–H and O–H groups in total. The topological polar surface area (TPSA) is 83.4 Å². The van der Waals surface area contributed by atoms with E-state index in [0.717, 1.165) is 0 Å².